The summed E-state index contributed by atoms with van der Waals surface area (Å²) in [7, 11) is 0. The molecule has 0 fully saturated rings. The van der Waals surface area contributed by atoms with E-state index in [1.165, 1.54) is 19.1 Å². The summed E-state index contributed by atoms with van der Waals surface area (Å²) in [4.78, 5) is 21.1. The number of carbonyl (C=O) groups is 1. The molecule has 18 heavy (non-hydrogen) atoms. The van der Waals surface area contributed by atoms with Gasteiger partial charge in [-0.1, -0.05) is 0 Å². The number of ether oxygens (including phenoxy) is 1. The fourth-order valence-electron chi connectivity index (χ4n) is 1.14. The van der Waals surface area contributed by atoms with Gasteiger partial charge < -0.3 is 14.9 Å². The predicted molar refractivity (Wildman–Crippen MR) is 65.4 cm³/mol. The Hall–Kier alpha value is -1.60. The predicted octanol–water partition coefficient (Wildman–Crippen LogP) is 1.74. The van der Waals surface area contributed by atoms with Crippen LogP contribution < -0.4 is 5.73 Å². The van der Waals surface area contributed by atoms with Crippen molar-refractivity contribution in [3.05, 3.63) is 28.0 Å². The lowest BCUT2D eigenvalue weighted by atomic mass is 10.1. The van der Waals surface area contributed by atoms with Gasteiger partial charge in [0, 0.05) is 0 Å². The first kappa shape index (κ1) is 16.4. The van der Waals surface area contributed by atoms with Crippen LogP contribution in [-0.4, -0.2) is 16.9 Å². The van der Waals surface area contributed by atoms with Gasteiger partial charge in [-0.05, 0) is 26.8 Å². The van der Waals surface area contributed by atoms with Crippen molar-refractivity contribution >= 4 is 24.3 Å². The van der Waals surface area contributed by atoms with Gasteiger partial charge in [-0.25, -0.2) is 0 Å². The molecule has 1 atom stereocenters. The zero-order valence-electron chi connectivity index (χ0n) is 10.2. The van der Waals surface area contributed by atoms with Crippen molar-refractivity contribution in [1.82, 2.24) is 0 Å². The van der Waals surface area contributed by atoms with Crippen LogP contribution >= 0.6 is 12.4 Å². The van der Waals surface area contributed by atoms with Gasteiger partial charge in [-0.3, -0.25) is 14.9 Å². The van der Waals surface area contributed by atoms with Gasteiger partial charge in [0.15, 0.2) is 11.4 Å². The van der Waals surface area contributed by atoms with Crippen molar-refractivity contribution in [2.75, 3.05) is 0 Å². The minimum Gasteiger partial charge on any atom is -0.450 e. The lowest BCUT2D eigenvalue weighted by Gasteiger charge is -2.23. The van der Waals surface area contributed by atoms with Crippen molar-refractivity contribution in [3.8, 4) is 0 Å². The molecule has 0 aliphatic heterocycles. The molecule has 0 aliphatic carbocycles. The average Bonchev–Trinajstić information content (AvgIpc) is 2.65. The third-order valence-corrected chi connectivity index (χ3v) is 2.09. The van der Waals surface area contributed by atoms with E-state index in [9.17, 15) is 14.9 Å². The van der Waals surface area contributed by atoms with Crippen molar-refractivity contribution in [3.63, 3.8) is 0 Å². The number of hydrogen-bond donors (Lipinski definition) is 1. The SMILES string of the molecule is C[C@H](N)C(=O)OC(C)(C)c1ccc([N+](=O)[O-])o1.Cl. The Morgan fingerprint density at radius 1 is 1.56 bits per heavy atom. The zero-order chi connectivity index (χ0) is 13.2. The summed E-state index contributed by atoms with van der Waals surface area (Å²) < 4.78 is 10.1. The smallest absolute Gasteiger partial charge is 0.433 e. The van der Waals surface area contributed by atoms with Crippen LogP contribution in [0.1, 0.15) is 26.5 Å². The van der Waals surface area contributed by atoms with Crippen LogP contribution in [0.25, 0.3) is 0 Å². The summed E-state index contributed by atoms with van der Waals surface area (Å²) in [6.45, 7) is 4.62. The molecule has 0 amide bonds. The van der Waals surface area contributed by atoms with Crippen LogP contribution in [0.15, 0.2) is 16.5 Å². The van der Waals surface area contributed by atoms with E-state index in [-0.39, 0.29) is 18.2 Å². The summed E-state index contributed by atoms with van der Waals surface area (Å²) in [5.41, 5.74) is 4.26. The van der Waals surface area contributed by atoms with Gasteiger partial charge in [0.25, 0.3) is 0 Å². The van der Waals surface area contributed by atoms with Crippen molar-refractivity contribution < 1.29 is 18.9 Å². The fourth-order valence-corrected chi connectivity index (χ4v) is 1.14. The molecule has 0 saturated carbocycles. The molecule has 1 aromatic rings. The number of nitrogens with zero attached hydrogens (tertiary/aromatic N) is 1. The maximum Gasteiger partial charge on any atom is 0.433 e. The number of hydrogen-bond acceptors (Lipinski definition) is 6. The largest absolute Gasteiger partial charge is 0.450 e. The average molecular weight is 279 g/mol. The van der Waals surface area contributed by atoms with Gasteiger partial charge in [0.2, 0.25) is 0 Å². The van der Waals surface area contributed by atoms with E-state index in [1.807, 2.05) is 0 Å². The highest BCUT2D eigenvalue weighted by atomic mass is 35.5. The Labute approximate surface area is 110 Å². The third-order valence-electron chi connectivity index (χ3n) is 2.09. The molecule has 0 spiro atoms. The molecule has 0 aliphatic rings. The molecule has 7 nitrogen and oxygen atoms in total. The summed E-state index contributed by atoms with van der Waals surface area (Å²) in [6.07, 6.45) is 0. The first-order valence-corrected chi connectivity index (χ1v) is 4.97. The summed E-state index contributed by atoms with van der Waals surface area (Å²) >= 11 is 0. The summed E-state index contributed by atoms with van der Waals surface area (Å²) in [5.74, 6) is -0.808. The second-order valence-electron chi connectivity index (χ2n) is 4.12. The first-order chi connectivity index (χ1) is 7.74. The molecule has 0 saturated heterocycles. The first-order valence-electron chi connectivity index (χ1n) is 4.97. The number of esters is 1. The van der Waals surface area contributed by atoms with Crippen molar-refractivity contribution in [2.45, 2.75) is 32.4 Å². The molecule has 0 radical (unpaired) electrons. The molecule has 1 rings (SSSR count). The van der Waals surface area contributed by atoms with Crippen LogP contribution in [0.4, 0.5) is 5.88 Å². The molecular formula is C10H15ClN2O5. The highest BCUT2D eigenvalue weighted by molar-refractivity contribution is 5.85. The van der Waals surface area contributed by atoms with Crippen LogP contribution in [0, 0.1) is 10.1 Å². The third kappa shape index (κ3) is 3.71. The fraction of sp³-hybridized carbons (Fsp3) is 0.500. The van der Waals surface area contributed by atoms with Gasteiger partial charge in [0.1, 0.15) is 11.0 Å². The summed E-state index contributed by atoms with van der Waals surface area (Å²) in [5, 5.41) is 10.5. The van der Waals surface area contributed by atoms with Crippen LogP contribution in [0.2, 0.25) is 0 Å². The topological polar surface area (TPSA) is 109 Å². The van der Waals surface area contributed by atoms with E-state index in [4.69, 9.17) is 14.9 Å². The lowest BCUT2D eigenvalue weighted by molar-refractivity contribution is -0.402. The van der Waals surface area contributed by atoms with E-state index >= 15 is 0 Å². The Bertz CT molecular complexity index is 441. The minimum atomic E-state index is -1.10. The Balaban J connectivity index is 0.00000289. The maximum absolute atomic E-state index is 11.3. The van der Waals surface area contributed by atoms with E-state index in [0.717, 1.165) is 0 Å². The number of carbonyl (C=O) groups excluding carboxylic acids is 1. The van der Waals surface area contributed by atoms with E-state index in [1.54, 1.807) is 13.8 Å². The zero-order valence-corrected chi connectivity index (χ0v) is 11.0. The molecule has 0 bridgehead atoms. The Morgan fingerprint density at radius 2 is 2.11 bits per heavy atom. The highest BCUT2D eigenvalue weighted by Crippen LogP contribution is 2.29. The number of nitrogens with two attached hydrogens (primary N) is 1. The molecule has 102 valence electrons. The van der Waals surface area contributed by atoms with Crippen molar-refractivity contribution in [1.29, 1.82) is 0 Å². The van der Waals surface area contributed by atoms with Crippen LogP contribution in [-0.2, 0) is 15.1 Å². The van der Waals surface area contributed by atoms with Crippen LogP contribution in [0.5, 0.6) is 0 Å². The van der Waals surface area contributed by atoms with E-state index < -0.39 is 28.4 Å². The van der Waals surface area contributed by atoms with E-state index in [2.05, 4.69) is 0 Å². The Kier molecular flexibility index (Phi) is 5.31. The maximum atomic E-state index is 11.3. The number of halogens is 1. The van der Waals surface area contributed by atoms with Gasteiger partial charge in [-0.15, -0.1) is 12.4 Å². The minimum absolute atomic E-state index is 0. The number of furan rings is 1. The normalized spacial score (nSPS) is 12.4. The molecule has 1 aromatic heterocycles. The van der Waals surface area contributed by atoms with Gasteiger partial charge >= 0.3 is 11.9 Å². The quantitative estimate of drug-likeness (QED) is 0.510. The molecule has 1 heterocycles. The molecule has 2 N–H and O–H groups in total. The molecule has 0 unspecified atom stereocenters. The van der Waals surface area contributed by atoms with Crippen LogP contribution in [0.3, 0.4) is 0 Å². The number of nitro groups is 1. The standard InChI is InChI=1S/C10H14N2O5.ClH/c1-6(11)9(13)17-10(2,3)7-4-5-8(16-7)12(14)15;/h4-6H,11H2,1-3H3;1H/t6-;/m0./s1. The monoisotopic (exact) mass is 278 g/mol. The second kappa shape index (κ2) is 5.83. The molecule has 8 heteroatoms. The molecule has 0 aromatic carbocycles. The summed E-state index contributed by atoms with van der Waals surface area (Å²) in [6, 6.07) is 1.84. The van der Waals surface area contributed by atoms with E-state index in [0.29, 0.717) is 0 Å². The van der Waals surface area contributed by atoms with Gasteiger partial charge in [-0.2, -0.15) is 0 Å². The molecular weight excluding hydrogens is 264 g/mol. The Morgan fingerprint density at radius 3 is 2.50 bits per heavy atom. The number of rotatable bonds is 4. The van der Waals surface area contributed by atoms with Crippen molar-refractivity contribution in [2.24, 2.45) is 5.73 Å². The lowest BCUT2D eigenvalue weighted by Crippen LogP contribution is -2.35. The van der Waals surface area contributed by atoms with Gasteiger partial charge in [0.05, 0.1) is 6.07 Å². The second-order valence-corrected chi connectivity index (χ2v) is 4.12. The highest BCUT2D eigenvalue weighted by Gasteiger charge is 2.31.